The van der Waals surface area contributed by atoms with Crippen LogP contribution >= 0.6 is 0 Å². The maximum Gasteiger partial charge on any atom is 0.219 e. The third-order valence-corrected chi connectivity index (χ3v) is 6.16. The van der Waals surface area contributed by atoms with Crippen LogP contribution < -0.4 is 4.90 Å². The number of carbonyl (C=O) groups excluding carboxylic acids is 1. The van der Waals surface area contributed by atoms with Crippen molar-refractivity contribution in [3.05, 3.63) is 65.5 Å². The van der Waals surface area contributed by atoms with E-state index in [2.05, 4.69) is 47.9 Å². The largest absolute Gasteiger partial charge is 0.378 e. The second-order valence-corrected chi connectivity index (χ2v) is 9.49. The third kappa shape index (κ3) is 6.30. The van der Waals surface area contributed by atoms with Gasteiger partial charge >= 0.3 is 0 Å². The number of hydrogen-bond donors (Lipinski definition) is 0. The van der Waals surface area contributed by atoms with E-state index in [1.165, 1.54) is 11.3 Å². The minimum absolute atomic E-state index is 0.129. The predicted molar refractivity (Wildman–Crippen MR) is 126 cm³/mol. The standard InChI is InChI=1S/C26H36FN3O/c1-19(2)14-30(20(3)31)17-23-16-29(15-21-6-12-25(13-7-21)28(4)5)18-26(23)22-8-10-24(27)11-9-22/h6-13,19,23,26H,14-18H2,1-5H3. The second-order valence-electron chi connectivity index (χ2n) is 9.49. The minimum Gasteiger partial charge on any atom is -0.378 e. The lowest BCUT2D eigenvalue weighted by Crippen LogP contribution is -2.38. The minimum atomic E-state index is -0.207. The monoisotopic (exact) mass is 425 g/mol. The normalized spacial score (nSPS) is 19.1. The van der Waals surface area contributed by atoms with E-state index in [0.29, 0.717) is 11.8 Å². The van der Waals surface area contributed by atoms with Gasteiger partial charge in [-0.2, -0.15) is 0 Å². The molecule has 1 aliphatic heterocycles. The summed E-state index contributed by atoms with van der Waals surface area (Å²) in [7, 11) is 4.09. The SMILES string of the molecule is CC(=O)N(CC(C)C)CC1CN(Cc2ccc(N(C)C)cc2)CC1c1ccc(F)cc1. The molecule has 1 heterocycles. The molecule has 2 atom stereocenters. The number of likely N-dealkylation sites (tertiary alicyclic amines) is 1. The first-order valence-electron chi connectivity index (χ1n) is 11.2. The van der Waals surface area contributed by atoms with Gasteiger partial charge in [-0.05, 0) is 47.2 Å². The number of benzene rings is 2. The molecule has 0 spiro atoms. The molecule has 168 valence electrons. The first-order chi connectivity index (χ1) is 14.7. The highest BCUT2D eigenvalue weighted by Gasteiger charge is 2.35. The second kappa shape index (κ2) is 10.3. The maximum atomic E-state index is 13.5. The van der Waals surface area contributed by atoms with Crippen molar-refractivity contribution in [2.75, 3.05) is 45.2 Å². The lowest BCUT2D eigenvalue weighted by Gasteiger charge is -2.29. The number of nitrogens with zero attached hydrogens (tertiary/aromatic N) is 3. The van der Waals surface area contributed by atoms with E-state index < -0.39 is 0 Å². The zero-order valence-corrected chi connectivity index (χ0v) is 19.5. The van der Waals surface area contributed by atoms with Crippen molar-refractivity contribution < 1.29 is 9.18 Å². The van der Waals surface area contributed by atoms with E-state index >= 15 is 0 Å². The van der Waals surface area contributed by atoms with E-state index in [1.54, 1.807) is 19.1 Å². The van der Waals surface area contributed by atoms with Gasteiger partial charge in [0.2, 0.25) is 5.91 Å². The summed E-state index contributed by atoms with van der Waals surface area (Å²) in [6.07, 6.45) is 0. The summed E-state index contributed by atoms with van der Waals surface area (Å²) < 4.78 is 13.5. The first-order valence-corrected chi connectivity index (χ1v) is 11.2. The molecule has 1 saturated heterocycles. The maximum absolute atomic E-state index is 13.5. The van der Waals surface area contributed by atoms with Crippen molar-refractivity contribution >= 4 is 11.6 Å². The van der Waals surface area contributed by atoms with Gasteiger partial charge in [-0.25, -0.2) is 4.39 Å². The Morgan fingerprint density at radius 3 is 2.26 bits per heavy atom. The van der Waals surface area contributed by atoms with Crippen molar-refractivity contribution in [2.24, 2.45) is 11.8 Å². The van der Waals surface area contributed by atoms with E-state index in [1.807, 2.05) is 31.1 Å². The van der Waals surface area contributed by atoms with Crippen molar-refractivity contribution in [3.63, 3.8) is 0 Å². The molecule has 5 heteroatoms. The van der Waals surface area contributed by atoms with E-state index in [-0.39, 0.29) is 17.6 Å². The van der Waals surface area contributed by atoms with Crippen LogP contribution in [0, 0.1) is 17.7 Å². The molecule has 0 N–H and O–H groups in total. The Kier molecular flexibility index (Phi) is 7.71. The molecule has 0 radical (unpaired) electrons. The van der Waals surface area contributed by atoms with Crippen LogP contribution in [0.1, 0.15) is 37.8 Å². The topological polar surface area (TPSA) is 26.8 Å². The zero-order valence-electron chi connectivity index (χ0n) is 19.5. The summed E-state index contributed by atoms with van der Waals surface area (Å²) in [5.41, 5.74) is 3.64. The van der Waals surface area contributed by atoms with Crippen molar-refractivity contribution in [1.29, 1.82) is 0 Å². The number of rotatable bonds is 8. The Labute approximate surface area is 186 Å². The molecule has 31 heavy (non-hydrogen) atoms. The molecule has 0 aliphatic carbocycles. The quantitative estimate of drug-likeness (QED) is 0.618. The Bertz CT molecular complexity index is 848. The number of carbonyl (C=O) groups is 1. The van der Waals surface area contributed by atoms with Crippen LogP contribution in [0.5, 0.6) is 0 Å². The van der Waals surface area contributed by atoms with Crippen LogP contribution in [0.4, 0.5) is 10.1 Å². The van der Waals surface area contributed by atoms with Gasteiger partial charge in [0.1, 0.15) is 5.82 Å². The Balaban J connectivity index is 1.77. The summed E-state index contributed by atoms with van der Waals surface area (Å²) in [6.45, 7) is 10.2. The smallest absolute Gasteiger partial charge is 0.219 e. The molecule has 3 rings (SSSR count). The van der Waals surface area contributed by atoms with Gasteiger partial charge in [-0.1, -0.05) is 38.1 Å². The van der Waals surface area contributed by atoms with Crippen LogP contribution in [-0.4, -0.2) is 56.0 Å². The fourth-order valence-corrected chi connectivity index (χ4v) is 4.58. The zero-order chi connectivity index (χ0) is 22.5. The number of anilines is 1. The highest BCUT2D eigenvalue weighted by Crippen LogP contribution is 2.34. The highest BCUT2D eigenvalue weighted by molar-refractivity contribution is 5.73. The molecule has 0 saturated carbocycles. The molecular formula is C26H36FN3O. The number of hydrogen-bond acceptors (Lipinski definition) is 3. The van der Waals surface area contributed by atoms with E-state index in [9.17, 15) is 9.18 Å². The average Bonchev–Trinajstić information content (AvgIpc) is 3.10. The lowest BCUT2D eigenvalue weighted by molar-refractivity contribution is -0.130. The van der Waals surface area contributed by atoms with Crippen LogP contribution in [0.3, 0.4) is 0 Å². The Morgan fingerprint density at radius 2 is 1.71 bits per heavy atom. The van der Waals surface area contributed by atoms with Crippen molar-refractivity contribution in [3.8, 4) is 0 Å². The van der Waals surface area contributed by atoms with Crippen molar-refractivity contribution in [1.82, 2.24) is 9.80 Å². The molecule has 2 aromatic rings. The predicted octanol–water partition coefficient (Wildman–Crippen LogP) is 4.61. The van der Waals surface area contributed by atoms with E-state index in [4.69, 9.17) is 0 Å². The summed E-state index contributed by atoms with van der Waals surface area (Å²) in [5.74, 6) is 0.969. The number of amides is 1. The molecule has 2 unspecified atom stereocenters. The molecular weight excluding hydrogens is 389 g/mol. The summed E-state index contributed by atoms with van der Waals surface area (Å²) >= 11 is 0. The van der Waals surface area contributed by atoms with Gasteiger partial charge in [0.15, 0.2) is 0 Å². The molecule has 1 aliphatic rings. The van der Waals surface area contributed by atoms with Gasteiger partial charge in [-0.15, -0.1) is 0 Å². The van der Waals surface area contributed by atoms with Gasteiger partial charge in [0.25, 0.3) is 0 Å². The third-order valence-electron chi connectivity index (χ3n) is 6.16. The van der Waals surface area contributed by atoms with Gasteiger partial charge in [0, 0.05) is 65.3 Å². The fourth-order valence-electron chi connectivity index (χ4n) is 4.58. The molecule has 1 amide bonds. The molecule has 0 aromatic heterocycles. The average molecular weight is 426 g/mol. The molecule has 4 nitrogen and oxygen atoms in total. The van der Waals surface area contributed by atoms with Crippen LogP contribution in [0.15, 0.2) is 48.5 Å². The molecule has 1 fully saturated rings. The molecule has 0 bridgehead atoms. The highest BCUT2D eigenvalue weighted by atomic mass is 19.1. The van der Waals surface area contributed by atoms with Crippen molar-refractivity contribution in [2.45, 2.75) is 33.2 Å². The van der Waals surface area contributed by atoms with Crippen LogP contribution in [-0.2, 0) is 11.3 Å². The molecule has 2 aromatic carbocycles. The Morgan fingerprint density at radius 1 is 1.06 bits per heavy atom. The Hall–Kier alpha value is -2.40. The lowest BCUT2D eigenvalue weighted by atomic mass is 9.88. The summed E-state index contributed by atoms with van der Waals surface area (Å²) in [4.78, 5) is 18.8. The van der Waals surface area contributed by atoms with Gasteiger partial charge in [0.05, 0.1) is 0 Å². The van der Waals surface area contributed by atoms with Gasteiger partial charge < -0.3 is 9.80 Å². The number of halogens is 1. The summed E-state index contributed by atoms with van der Waals surface area (Å²) in [5, 5.41) is 0. The first kappa shape index (κ1) is 23.3. The van der Waals surface area contributed by atoms with Crippen LogP contribution in [0.25, 0.3) is 0 Å². The van der Waals surface area contributed by atoms with Gasteiger partial charge in [-0.3, -0.25) is 9.69 Å². The fraction of sp³-hybridized carbons (Fsp3) is 0.500. The van der Waals surface area contributed by atoms with Crippen LogP contribution in [0.2, 0.25) is 0 Å². The summed E-state index contributed by atoms with van der Waals surface area (Å²) in [6, 6.07) is 15.6. The van der Waals surface area contributed by atoms with E-state index in [0.717, 1.165) is 38.3 Å².